The van der Waals surface area contributed by atoms with Gasteiger partial charge in [0.1, 0.15) is 5.82 Å². The number of hydrogen-bond donors (Lipinski definition) is 1. The number of nitrogens with zero attached hydrogens (tertiary/aromatic N) is 2. The summed E-state index contributed by atoms with van der Waals surface area (Å²) in [6.07, 6.45) is 1.78. The zero-order valence-corrected chi connectivity index (χ0v) is 14.6. The molecule has 8 heteroatoms. The Balaban J connectivity index is 2.62. The molecule has 0 heterocycles. The molecular formula is C15H24FN3O3S. The van der Waals surface area contributed by atoms with E-state index in [4.69, 9.17) is 0 Å². The molecule has 1 aromatic carbocycles. The largest absolute Gasteiger partial charge is 0.355 e. The van der Waals surface area contributed by atoms with Gasteiger partial charge in [-0.05, 0) is 33.1 Å². The molecule has 1 N–H and O–H groups in total. The summed E-state index contributed by atoms with van der Waals surface area (Å²) in [6, 6.07) is 5.92. The van der Waals surface area contributed by atoms with E-state index in [0.717, 1.165) is 23.5 Å². The number of hydrogen-bond acceptors (Lipinski definition) is 4. The van der Waals surface area contributed by atoms with Gasteiger partial charge in [0.2, 0.25) is 15.9 Å². The summed E-state index contributed by atoms with van der Waals surface area (Å²) in [5.74, 6) is -0.891. The van der Waals surface area contributed by atoms with Crippen molar-refractivity contribution < 1.29 is 17.6 Å². The van der Waals surface area contributed by atoms with Crippen LogP contribution >= 0.6 is 0 Å². The molecule has 0 saturated carbocycles. The van der Waals surface area contributed by atoms with Crippen LogP contribution in [0.25, 0.3) is 0 Å². The Hall–Kier alpha value is -1.51. The van der Waals surface area contributed by atoms with E-state index in [0.29, 0.717) is 6.54 Å². The Labute approximate surface area is 137 Å². The van der Waals surface area contributed by atoms with E-state index >= 15 is 0 Å². The van der Waals surface area contributed by atoms with E-state index in [1.807, 2.05) is 19.0 Å². The van der Waals surface area contributed by atoms with Crippen molar-refractivity contribution in [2.45, 2.75) is 13.0 Å². The molecule has 0 aliphatic rings. The third kappa shape index (κ3) is 7.54. The van der Waals surface area contributed by atoms with Crippen molar-refractivity contribution in [3.05, 3.63) is 35.6 Å². The van der Waals surface area contributed by atoms with E-state index in [1.54, 1.807) is 6.07 Å². The van der Waals surface area contributed by atoms with E-state index < -0.39 is 21.7 Å². The molecule has 130 valence electrons. The normalized spacial score (nSPS) is 11.9. The van der Waals surface area contributed by atoms with Crippen LogP contribution in [0.15, 0.2) is 24.3 Å². The zero-order valence-electron chi connectivity index (χ0n) is 13.8. The molecule has 1 aromatic rings. The summed E-state index contributed by atoms with van der Waals surface area (Å²) in [4.78, 5) is 13.9. The van der Waals surface area contributed by atoms with Gasteiger partial charge in [-0.2, -0.15) is 4.31 Å². The van der Waals surface area contributed by atoms with Gasteiger partial charge < -0.3 is 10.2 Å². The third-order valence-electron chi connectivity index (χ3n) is 3.20. The summed E-state index contributed by atoms with van der Waals surface area (Å²) < 4.78 is 38.3. The summed E-state index contributed by atoms with van der Waals surface area (Å²) in [5, 5.41) is 2.68. The van der Waals surface area contributed by atoms with Crippen LogP contribution in [0.2, 0.25) is 0 Å². The number of rotatable bonds is 9. The second-order valence-corrected chi connectivity index (χ2v) is 7.61. The standard InChI is InChI=1S/C15H24FN3O3S/c1-18(2)10-6-9-17-15(20)12-19(23(3,21)22)11-13-7-4-5-8-14(13)16/h4-5,7-8H,6,9-12H2,1-3H3,(H,17,20). The minimum atomic E-state index is -3.62. The number of carbonyl (C=O) groups is 1. The van der Waals surface area contributed by atoms with Gasteiger partial charge in [-0.15, -0.1) is 0 Å². The first-order chi connectivity index (χ1) is 10.7. The fourth-order valence-corrected chi connectivity index (χ4v) is 2.67. The van der Waals surface area contributed by atoms with Crippen LogP contribution in [0, 0.1) is 5.82 Å². The Morgan fingerprint density at radius 3 is 2.48 bits per heavy atom. The lowest BCUT2D eigenvalue weighted by Crippen LogP contribution is -2.40. The number of amides is 1. The van der Waals surface area contributed by atoms with E-state index in [2.05, 4.69) is 5.32 Å². The van der Waals surface area contributed by atoms with Gasteiger partial charge in [-0.3, -0.25) is 4.79 Å². The van der Waals surface area contributed by atoms with Crippen molar-refractivity contribution in [2.24, 2.45) is 0 Å². The van der Waals surface area contributed by atoms with E-state index in [9.17, 15) is 17.6 Å². The van der Waals surface area contributed by atoms with Crippen molar-refractivity contribution in [1.29, 1.82) is 0 Å². The molecule has 23 heavy (non-hydrogen) atoms. The molecule has 0 aromatic heterocycles. The van der Waals surface area contributed by atoms with E-state index in [-0.39, 0.29) is 18.7 Å². The first-order valence-electron chi connectivity index (χ1n) is 7.30. The zero-order chi connectivity index (χ0) is 17.5. The average Bonchev–Trinajstić information content (AvgIpc) is 2.44. The fraction of sp³-hybridized carbons (Fsp3) is 0.533. The predicted octanol–water partition coefficient (Wildman–Crippen LogP) is 0.655. The fourth-order valence-electron chi connectivity index (χ4n) is 1.95. The monoisotopic (exact) mass is 345 g/mol. The van der Waals surface area contributed by atoms with Crippen molar-refractivity contribution >= 4 is 15.9 Å². The highest BCUT2D eigenvalue weighted by Crippen LogP contribution is 2.12. The SMILES string of the molecule is CN(C)CCCNC(=O)CN(Cc1ccccc1F)S(C)(=O)=O. The smallest absolute Gasteiger partial charge is 0.235 e. The van der Waals surface area contributed by atoms with Crippen LogP contribution in [0.3, 0.4) is 0 Å². The summed E-state index contributed by atoms with van der Waals surface area (Å²) in [7, 11) is 0.243. The van der Waals surface area contributed by atoms with Crippen LogP contribution in [0.1, 0.15) is 12.0 Å². The Morgan fingerprint density at radius 1 is 1.26 bits per heavy atom. The number of nitrogens with one attached hydrogen (secondary N) is 1. The highest BCUT2D eigenvalue weighted by molar-refractivity contribution is 7.88. The Kier molecular flexibility index (Phi) is 7.60. The highest BCUT2D eigenvalue weighted by Gasteiger charge is 2.21. The number of halogens is 1. The van der Waals surface area contributed by atoms with Crippen LogP contribution in [0.4, 0.5) is 4.39 Å². The molecule has 0 aliphatic heterocycles. The highest BCUT2D eigenvalue weighted by atomic mass is 32.2. The quantitative estimate of drug-likeness (QED) is 0.668. The maximum absolute atomic E-state index is 13.7. The molecule has 0 fully saturated rings. The second kappa shape index (κ2) is 8.95. The van der Waals surface area contributed by atoms with Crippen LogP contribution < -0.4 is 5.32 Å². The van der Waals surface area contributed by atoms with Crippen LogP contribution in [-0.4, -0.2) is 63.5 Å². The Morgan fingerprint density at radius 2 is 1.91 bits per heavy atom. The lowest BCUT2D eigenvalue weighted by atomic mass is 10.2. The van der Waals surface area contributed by atoms with Crippen LogP contribution in [0.5, 0.6) is 0 Å². The lowest BCUT2D eigenvalue weighted by Gasteiger charge is -2.20. The molecule has 0 spiro atoms. The molecule has 0 radical (unpaired) electrons. The van der Waals surface area contributed by atoms with E-state index in [1.165, 1.54) is 18.2 Å². The maximum Gasteiger partial charge on any atom is 0.235 e. The van der Waals surface area contributed by atoms with Gasteiger partial charge >= 0.3 is 0 Å². The van der Waals surface area contributed by atoms with Gasteiger partial charge in [0.25, 0.3) is 0 Å². The number of carbonyl (C=O) groups excluding carboxylic acids is 1. The molecule has 0 unspecified atom stereocenters. The van der Waals surface area contributed by atoms with Gasteiger partial charge in [-0.1, -0.05) is 18.2 Å². The maximum atomic E-state index is 13.7. The van der Waals surface area contributed by atoms with Gasteiger partial charge in [0.05, 0.1) is 12.8 Å². The van der Waals surface area contributed by atoms with Gasteiger partial charge in [-0.25, -0.2) is 12.8 Å². The first-order valence-corrected chi connectivity index (χ1v) is 9.15. The first kappa shape index (κ1) is 19.5. The average molecular weight is 345 g/mol. The molecule has 0 bridgehead atoms. The molecular weight excluding hydrogens is 321 g/mol. The van der Waals surface area contributed by atoms with Gasteiger partial charge in [0.15, 0.2) is 0 Å². The van der Waals surface area contributed by atoms with Crippen molar-refractivity contribution in [3.63, 3.8) is 0 Å². The molecule has 0 atom stereocenters. The number of benzene rings is 1. The predicted molar refractivity (Wildman–Crippen MR) is 87.8 cm³/mol. The molecule has 6 nitrogen and oxygen atoms in total. The summed E-state index contributed by atoms with van der Waals surface area (Å²) in [5.41, 5.74) is 0.235. The third-order valence-corrected chi connectivity index (χ3v) is 4.39. The second-order valence-electron chi connectivity index (χ2n) is 5.63. The molecule has 0 saturated heterocycles. The Bertz CT molecular complexity index is 620. The molecule has 0 aliphatic carbocycles. The molecule has 1 amide bonds. The summed E-state index contributed by atoms with van der Waals surface area (Å²) in [6.45, 7) is 0.797. The summed E-state index contributed by atoms with van der Waals surface area (Å²) >= 11 is 0. The van der Waals surface area contributed by atoms with Crippen molar-refractivity contribution in [3.8, 4) is 0 Å². The van der Waals surface area contributed by atoms with Gasteiger partial charge in [0, 0.05) is 18.7 Å². The van der Waals surface area contributed by atoms with Crippen LogP contribution in [-0.2, 0) is 21.4 Å². The minimum Gasteiger partial charge on any atom is -0.355 e. The minimum absolute atomic E-state index is 0.170. The van der Waals surface area contributed by atoms with Crippen molar-refractivity contribution in [1.82, 2.24) is 14.5 Å². The lowest BCUT2D eigenvalue weighted by molar-refractivity contribution is -0.121. The number of sulfonamides is 1. The topological polar surface area (TPSA) is 69.7 Å². The van der Waals surface area contributed by atoms with Crippen molar-refractivity contribution in [2.75, 3.05) is 40.0 Å². The molecule has 1 rings (SSSR count).